The first-order chi connectivity index (χ1) is 14.3. The van der Waals surface area contributed by atoms with E-state index in [9.17, 15) is 30.0 Å². The Kier molecular flexibility index (Phi) is 17.8. The zero-order valence-electron chi connectivity index (χ0n) is 18.6. The SMILES string of the molecule is CCCCCCCC(=O)OC[C@@H](O)[C@@H](O)[C@H](O)[C@H](O)COC(=O)CCCCCCC. The van der Waals surface area contributed by atoms with Crippen LogP contribution in [-0.4, -0.2) is 70.0 Å². The predicted molar refractivity (Wildman–Crippen MR) is 113 cm³/mol. The van der Waals surface area contributed by atoms with E-state index in [0.29, 0.717) is 12.8 Å². The molecule has 0 radical (unpaired) electrons. The molecule has 0 aromatic carbocycles. The van der Waals surface area contributed by atoms with Gasteiger partial charge in [-0.15, -0.1) is 0 Å². The van der Waals surface area contributed by atoms with Crippen LogP contribution in [0.3, 0.4) is 0 Å². The minimum Gasteiger partial charge on any atom is -0.463 e. The van der Waals surface area contributed by atoms with Gasteiger partial charge in [-0.2, -0.15) is 0 Å². The standard InChI is InChI=1S/C22H42O8/c1-3-5-7-9-11-13-19(25)29-15-17(23)21(27)22(28)18(24)16-30-20(26)14-12-10-8-6-4-2/h17-18,21-24,27-28H,3-16H2,1-2H3/t17-,18-,21-,22-/m1/s1. The summed E-state index contributed by atoms with van der Waals surface area (Å²) in [5.74, 6) is -0.971. The Morgan fingerprint density at radius 3 is 1.27 bits per heavy atom. The Hall–Kier alpha value is -1.22. The maximum Gasteiger partial charge on any atom is 0.305 e. The summed E-state index contributed by atoms with van der Waals surface area (Å²) in [5.41, 5.74) is 0. The van der Waals surface area contributed by atoms with Crippen LogP contribution in [0.25, 0.3) is 0 Å². The topological polar surface area (TPSA) is 134 Å². The minimum atomic E-state index is -1.75. The molecule has 0 bridgehead atoms. The van der Waals surface area contributed by atoms with Gasteiger partial charge in [0.1, 0.15) is 37.6 Å². The summed E-state index contributed by atoms with van der Waals surface area (Å²) in [5, 5.41) is 39.7. The maximum atomic E-state index is 11.6. The maximum absolute atomic E-state index is 11.6. The molecule has 0 aromatic rings. The molecule has 4 atom stereocenters. The number of rotatable bonds is 19. The lowest BCUT2D eigenvalue weighted by Crippen LogP contribution is -2.48. The van der Waals surface area contributed by atoms with E-state index in [-0.39, 0.29) is 12.8 Å². The Morgan fingerprint density at radius 2 is 0.933 bits per heavy atom. The van der Waals surface area contributed by atoms with Gasteiger partial charge >= 0.3 is 11.9 Å². The Morgan fingerprint density at radius 1 is 0.600 bits per heavy atom. The highest BCUT2D eigenvalue weighted by molar-refractivity contribution is 5.69. The third-order valence-corrected chi connectivity index (χ3v) is 4.94. The van der Waals surface area contributed by atoms with Crippen LogP contribution in [-0.2, 0) is 19.1 Å². The van der Waals surface area contributed by atoms with E-state index >= 15 is 0 Å². The molecule has 0 rings (SSSR count). The van der Waals surface area contributed by atoms with E-state index in [0.717, 1.165) is 51.4 Å². The van der Waals surface area contributed by atoms with Crippen LogP contribution in [0.2, 0.25) is 0 Å². The molecule has 0 aliphatic rings. The lowest BCUT2D eigenvalue weighted by Gasteiger charge is -2.26. The van der Waals surface area contributed by atoms with Crippen molar-refractivity contribution in [3.05, 3.63) is 0 Å². The van der Waals surface area contributed by atoms with Crippen LogP contribution in [0.4, 0.5) is 0 Å². The fourth-order valence-electron chi connectivity index (χ4n) is 2.90. The first-order valence-electron chi connectivity index (χ1n) is 11.4. The fourth-order valence-corrected chi connectivity index (χ4v) is 2.90. The van der Waals surface area contributed by atoms with Crippen molar-refractivity contribution in [2.45, 2.75) is 115 Å². The number of hydrogen-bond donors (Lipinski definition) is 4. The minimum absolute atomic E-state index is 0.228. The van der Waals surface area contributed by atoms with Crippen molar-refractivity contribution in [3.63, 3.8) is 0 Å². The first-order valence-corrected chi connectivity index (χ1v) is 11.4. The predicted octanol–water partition coefficient (Wildman–Crippen LogP) is 2.24. The number of esters is 2. The summed E-state index contributed by atoms with van der Waals surface area (Å²) in [7, 11) is 0. The summed E-state index contributed by atoms with van der Waals surface area (Å²) < 4.78 is 9.81. The second kappa shape index (κ2) is 18.5. The van der Waals surface area contributed by atoms with Crippen LogP contribution in [0.5, 0.6) is 0 Å². The van der Waals surface area contributed by atoms with Gasteiger partial charge in [-0.1, -0.05) is 65.2 Å². The highest BCUT2D eigenvalue weighted by atomic mass is 16.5. The highest BCUT2D eigenvalue weighted by Gasteiger charge is 2.31. The van der Waals surface area contributed by atoms with E-state index < -0.39 is 49.6 Å². The van der Waals surface area contributed by atoms with Gasteiger partial charge in [0.15, 0.2) is 0 Å². The molecule has 0 heterocycles. The summed E-state index contributed by atoms with van der Waals surface area (Å²) in [6.07, 6.45) is 3.66. The molecule has 0 unspecified atom stereocenters. The Labute approximate surface area is 180 Å². The molecule has 0 aliphatic carbocycles. The van der Waals surface area contributed by atoms with E-state index in [2.05, 4.69) is 13.8 Å². The van der Waals surface area contributed by atoms with Crippen molar-refractivity contribution in [1.29, 1.82) is 0 Å². The van der Waals surface area contributed by atoms with Gasteiger partial charge in [-0.25, -0.2) is 0 Å². The largest absolute Gasteiger partial charge is 0.463 e. The van der Waals surface area contributed by atoms with Gasteiger partial charge < -0.3 is 29.9 Å². The second-order valence-corrected chi connectivity index (χ2v) is 7.81. The lowest BCUT2D eigenvalue weighted by molar-refractivity contribution is -0.162. The first kappa shape index (κ1) is 28.8. The molecule has 4 N–H and O–H groups in total. The Bertz CT molecular complexity index is 403. The number of unbranched alkanes of at least 4 members (excludes halogenated alkanes) is 8. The number of aliphatic hydroxyl groups is 4. The van der Waals surface area contributed by atoms with Crippen molar-refractivity contribution < 1.29 is 39.5 Å². The molecular weight excluding hydrogens is 392 g/mol. The molecule has 8 nitrogen and oxygen atoms in total. The number of ether oxygens (including phenoxy) is 2. The van der Waals surface area contributed by atoms with Crippen molar-refractivity contribution >= 4 is 11.9 Å². The second-order valence-electron chi connectivity index (χ2n) is 7.81. The number of carbonyl (C=O) groups excluding carboxylic acids is 2. The third kappa shape index (κ3) is 14.7. The van der Waals surface area contributed by atoms with Crippen molar-refractivity contribution in [2.24, 2.45) is 0 Å². The number of hydrogen-bond acceptors (Lipinski definition) is 8. The summed E-state index contributed by atoms with van der Waals surface area (Å²) in [6.45, 7) is 3.23. The number of carbonyl (C=O) groups is 2. The fraction of sp³-hybridized carbons (Fsp3) is 0.909. The van der Waals surface area contributed by atoms with E-state index in [1.54, 1.807) is 0 Å². The molecular formula is C22H42O8. The van der Waals surface area contributed by atoms with Crippen LogP contribution in [0, 0.1) is 0 Å². The molecule has 0 fully saturated rings. The molecule has 0 aliphatic heterocycles. The van der Waals surface area contributed by atoms with Gasteiger partial charge in [-0.05, 0) is 12.8 Å². The van der Waals surface area contributed by atoms with Gasteiger partial charge in [0.05, 0.1) is 0 Å². The summed E-state index contributed by atoms with van der Waals surface area (Å²) >= 11 is 0. The van der Waals surface area contributed by atoms with Crippen LogP contribution in [0.15, 0.2) is 0 Å². The van der Waals surface area contributed by atoms with Gasteiger partial charge in [0.2, 0.25) is 0 Å². The molecule has 0 amide bonds. The molecule has 178 valence electrons. The quantitative estimate of drug-likeness (QED) is 0.180. The zero-order chi connectivity index (χ0) is 22.8. The molecule has 0 saturated heterocycles. The lowest BCUT2D eigenvalue weighted by atomic mass is 10.0. The molecule has 30 heavy (non-hydrogen) atoms. The smallest absolute Gasteiger partial charge is 0.305 e. The average Bonchev–Trinajstić information content (AvgIpc) is 2.74. The van der Waals surface area contributed by atoms with Crippen LogP contribution < -0.4 is 0 Å². The van der Waals surface area contributed by atoms with Crippen molar-refractivity contribution in [1.82, 2.24) is 0 Å². The van der Waals surface area contributed by atoms with E-state index in [1.807, 2.05) is 0 Å². The van der Waals surface area contributed by atoms with Crippen molar-refractivity contribution in [2.75, 3.05) is 13.2 Å². The van der Waals surface area contributed by atoms with E-state index in [1.165, 1.54) is 0 Å². The molecule has 0 spiro atoms. The molecule has 0 aromatic heterocycles. The normalized spacial score (nSPS) is 15.3. The summed E-state index contributed by atoms with van der Waals surface area (Å²) in [6, 6.07) is 0. The third-order valence-electron chi connectivity index (χ3n) is 4.94. The average molecular weight is 435 g/mol. The van der Waals surface area contributed by atoms with Crippen molar-refractivity contribution in [3.8, 4) is 0 Å². The molecule has 0 saturated carbocycles. The van der Waals surface area contributed by atoms with Crippen LogP contribution in [0.1, 0.15) is 90.9 Å². The van der Waals surface area contributed by atoms with Crippen LogP contribution >= 0.6 is 0 Å². The zero-order valence-corrected chi connectivity index (χ0v) is 18.6. The highest BCUT2D eigenvalue weighted by Crippen LogP contribution is 2.10. The summed E-state index contributed by atoms with van der Waals surface area (Å²) in [4.78, 5) is 23.3. The van der Waals surface area contributed by atoms with Gasteiger partial charge in [0.25, 0.3) is 0 Å². The molecule has 8 heteroatoms. The van der Waals surface area contributed by atoms with Gasteiger partial charge in [0, 0.05) is 12.8 Å². The number of aliphatic hydroxyl groups excluding tert-OH is 4. The van der Waals surface area contributed by atoms with Gasteiger partial charge in [-0.3, -0.25) is 9.59 Å². The van der Waals surface area contributed by atoms with E-state index in [4.69, 9.17) is 9.47 Å². The Balaban J connectivity index is 4.02. The monoisotopic (exact) mass is 434 g/mol.